The van der Waals surface area contributed by atoms with Gasteiger partial charge in [-0.2, -0.15) is 0 Å². The highest BCUT2D eigenvalue weighted by Crippen LogP contribution is 2.27. The molecule has 0 amide bonds. The van der Waals surface area contributed by atoms with Gasteiger partial charge in [-0.25, -0.2) is 13.6 Å². The first kappa shape index (κ1) is 10.2. The lowest BCUT2D eigenvalue weighted by Crippen LogP contribution is -2.10. The molecule has 0 atom stereocenters. The predicted octanol–water partition coefficient (Wildman–Crippen LogP) is 2.45. The molecule has 74 valence electrons. The second-order valence-electron chi connectivity index (χ2n) is 3.27. The summed E-state index contributed by atoms with van der Waals surface area (Å²) in [5.74, 6) is -1.46. The first-order valence-electron chi connectivity index (χ1n) is 4.34. The zero-order valence-electron chi connectivity index (χ0n) is 7.17. The molecule has 0 unspecified atom stereocenters. The van der Waals surface area contributed by atoms with Crippen molar-refractivity contribution in [3.05, 3.63) is 11.6 Å². The van der Waals surface area contributed by atoms with Crippen molar-refractivity contribution >= 4 is 5.97 Å². The van der Waals surface area contributed by atoms with E-state index in [1.807, 2.05) is 0 Å². The number of hydrogen-bond donors (Lipinski definition) is 1. The van der Waals surface area contributed by atoms with Crippen LogP contribution in [0.3, 0.4) is 0 Å². The fraction of sp³-hybridized carbons (Fsp3) is 0.667. The van der Waals surface area contributed by atoms with Crippen molar-refractivity contribution in [1.29, 1.82) is 0 Å². The van der Waals surface area contributed by atoms with Gasteiger partial charge >= 0.3 is 5.97 Å². The van der Waals surface area contributed by atoms with Crippen molar-refractivity contribution in [2.24, 2.45) is 5.92 Å². The number of aliphatic carboxylic acids is 1. The smallest absolute Gasteiger partial charge is 0.337 e. The van der Waals surface area contributed by atoms with Gasteiger partial charge in [0.15, 0.2) is 0 Å². The summed E-state index contributed by atoms with van der Waals surface area (Å²) in [4.78, 5) is 10.4. The molecule has 0 aromatic heterocycles. The Hall–Kier alpha value is -0.930. The summed E-state index contributed by atoms with van der Waals surface area (Å²) in [6, 6.07) is 0. The number of hydrogen-bond acceptors (Lipinski definition) is 1. The highest BCUT2D eigenvalue weighted by molar-refractivity contribution is 5.87. The number of allylic oxidation sites excluding steroid dienone is 1. The second-order valence-corrected chi connectivity index (χ2v) is 3.27. The molecule has 0 heterocycles. The van der Waals surface area contributed by atoms with E-state index in [9.17, 15) is 13.6 Å². The van der Waals surface area contributed by atoms with E-state index in [1.165, 1.54) is 6.08 Å². The zero-order valence-corrected chi connectivity index (χ0v) is 7.17. The normalized spacial score (nSPS) is 19.8. The monoisotopic (exact) mass is 190 g/mol. The molecule has 13 heavy (non-hydrogen) atoms. The highest BCUT2D eigenvalue weighted by Gasteiger charge is 2.22. The second kappa shape index (κ2) is 4.35. The number of alkyl halides is 2. The lowest BCUT2D eigenvalue weighted by molar-refractivity contribution is -0.134. The topological polar surface area (TPSA) is 37.3 Å². The van der Waals surface area contributed by atoms with E-state index in [1.54, 1.807) is 0 Å². The van der Waals surface area contributed by atoms with E-state index < -0.39 is 18.0 Å². The molecule has 1 rings (SSSR count). The van der Waals surface area contributed by atoms with Crippen LogP contribution >= 0.6 is 0 Å². The van der Waals surface area contributed by atoms with Crippen molar-refractivity contribution in [1.82, 2.24) is 0 Å². The number of carboxylic acid groups (broad SMARTS) is 1. The molecule has 0 bridgehead atoms. The van der Waals surface area contributed by atoms with Crippen LogP contribution in [0.2, 0.25) is 0 Å². The van der Waals surface area contributed by atoms with Crippen LogP contribution in [-0.2, 0) is 4.79 Å². The Morgan fingerprint density at radius 2 is 1.92 bits per heavy atom. The standard InChI is InChI=1S/C9H12F2O2/c10-8(11)7(9(12)13)5-6-3-1-2-4-6/h5-6,8H,1-4H2,(H,12,13). The molecule has 0 aromatic rings. The maximum atomic E-state index is 12.2. The third-order valence-corrected chi connectivity index (χ3v) is 2.30. The molecule has 0 spiro atoms. The van der Waals surface area contributed by atoms with Crippen LogP contribution in [0.5, 0.6) is 0 Å². The van der Waals surface area contributed by atoms with Gasteiger partial charge in [0.25, 0.3) is 6.43 Å². The minimum atomic E-state index is -2.86. The van der Waals surface area contributed by atoms with Gasteiger partial charge in [-0.1, -0.05) is 18.9 Å². The summed E-state index contributed by atoms with van der Waals surface area (Å²) < 4.78 is 24.3. The Morgan fingerprint density at radius 3 is 2.31 bits per heavy atom. The number of carboxylic acids is 1. The third kappa shape index (κ3) is 2.79. The Balaban J connectivity index is 2.67. The van der Waals surface area contributed by atoms with Crippen LogP contribution in [0, 0.1) is 5.92 Å². The molecule has 2 nitrogen and oxygen atoms in total. The number of carbonyl (C=O) groups is 1. The van der Waals surface area contributed by atoms with E-state index in [-0.39, 0.29) is 5.92 Å². The van der Waals surface area contributed by atoms with Gasteiger partial charge in [-0.15, -0.1) is 0 Å². The predicted molar refractivity (Wildman–Crippen MR) is 43.7 cm³/mol. The van der Waals surface area contributed by atoms with Crippen LogP contribution in [0.1, 0.15) is 25.7 Å². The van der Waals surface area contributed by atoms with Crippen LogP contribution in [0.4, 0.5) is 8.78 Å². The molecular weight excluding hydrogens is 178 g/mol. The fourth-order valence-corrected chi connectivity index (χ4v) is 1.62. The largest absolute Gasteiger partial charge is 0.478 e. The minimum Gasteiger partial charge on any atom is -0.478 e. The summed E-state index contributed by atoms with van der Waals surface area (Å²) in [5, 5.41) is 8.46. The molecule has 0 aliphatic heterocycles. The van der Waals surface area contributed by atoms with Crippen molar-refractivity contribution in [2.45, 2.75) is 32.1 Å². The average Bonchev–Trinajstić information content (AvgIpc) is 2.50. The van der Waals surface area contributed by atoms with Gasteiger partial charge < -0.3 is 5.11 Å². The lowest BCUT2D eigenvalue weighted by Gasteiger charge is -2.05. The highest BCUT2D eigenvalue weighted by atomic mass is 19.3. The van der Waals surface area contributed by atoms with E-state index in [0.29, 0.717) is 0 Å². The van der Waals surface area contributed by atoms with Crippen LogP contribution in [0.15, 0.2) is 11.6 Å². The van der Waals surface area contributed by atoms with Gasteiger partial charge in [-0.05, 0) is 18.8 Å². The van der Waals surface area contributed by atoms with Crippen molar-refractivity contribution in [3.8, 4) is 0 Å². The quantitative estimate of drug-likeness (QED) is 0.694. The van der Waals surface area contributed by atoms with E-state index in [0.717, 1.165) is 25.7 Å². The summed E-state index contributed by atoms with van der Waals surface area (Å²) >= 11 is 0. The number of rotatable bonds is 3. The van der Waals surface area contributed by atoms with Gasteiger partial charge in [0, 0.05) is 0 Å². The maximum Gasteiger partial charge on any atom is 0.337 e. The van der Waals surface area contributed by atoms with Gasteiger partial charge in [-0.3, -0.25) is 0 Å². The summed E-state index contributed by atoms with van der Waals surface area (Å²) in [7, 11) is 0. The molecule has 1 saturated carbocycles. The SMILES string of the molecule is O=C(O)C(=CC1CCCC1)C(F)F. The molecule has 4 heteroatoms. The Kier molecular flexibility index (Phi) is 3.39. The summed E-state index contributed by atoms with van der Waals surface area (Å²) in [6.45, 7) is 0. The first-order chi connectivity index (χ1) is 6.11. The average molecular weight is 190 g/mol. The van der Waals surface area contributed by atoms with Crippen LogP contribution in [-0.4, -0.2) is 17.5 Å². The molecule has 1 aliphatic carbocycles. The number of halogens is 2. The third-order valence-electron chi connectivity index (χ3n) is 2.30. The molecular formula is C9H12F2O2. The molecule has 0 radical (unpaired) electrons. The maximum absolute atomic E-state index is 12.2. The van der Waals surface area contributed by atoms with Crippen LogP contribution < -0.4 is 0 Å². The summed E-state index contributed by atoms with van der Waals surface area (Å²) in [6.07, 6.45) is 2.06. The van der Waals surface area contributed by atoms with Crippen molar-refractivity contribution < 1.29 is 18.7 Å². The van der Waals surface area contributed by atoms with E-state index >= 15 is 0 Å². The van der Waals surface area contributed by atoms with Gasteiger partial charge in [0.05, 0.1) is 5.57 Å². The van der Waals surface area contributed by atoms with Crippen LogP contribution in [0.25, 0.3) is 0 Å². The van der Waals surface area contributed by atoms with Gasteiger partial charge in [0.1, 0.15) is 0 Å². The molecule has 0 aromatic carbocycles. The van der Waals surface area contributed by atoms with Gasteiger partial charge in [0.2, 0.25) is 0 Å². The Labute approximate surface area is 75.3 Å². The van der Waals surface area contributed by atoms with E-state index in [2.05, 4.69) is 0 Å². The molecule has 0 saturated heterocycles. The fourth-order valence-electron chi connectivity index (χ4n) is 1.62. The zero-order chi connectivity index (χ0) is 9.84. The Morgan fingerprint density at radius 1 is 1.38 bits per heavy atom. The van der Waals surface area contributed by atoms with Crippen molar-refractivity contribution in [3.63, 3.8) is 0 Å². The lowest BCUT2D eigenvalue weighted by atomic mass is 10.0. The first-order valence-corrected chi connectivity index (χ1v) is 4.34. The molecule has 1 N–H and O–H groups in total. The molecule has 1 aliphatic rings. The summed E-state index contributed by atoms with van der Waals surface area (Å²) in [5.41, 5.74) is -0.744. The molecule has 1 fully saturated rings. The minimum absolute atomic E-state index is 0.0418. The van der Waals surface area contributed by atoms with E-state index in [4.69, 9.17) is 5.11 Å². The Bertz CT molecular complexity index is 218. The van der Waals surface area contributed by atoms with Crippen molar-refractivity contribution in [2.75, 3.05) is 0 Å².